The summed E-state index contributed by atoms with van der Waals surface area (Å²) in [6.45, 7) is 6.22. The molecule has 0 unspecified atom stereocenters. The van der Waals surface area contributed by atoms with Crippen molar-refractivity contribution in [3.05, 3.63) is 71.0 Å². The summed E-state index contributed by atoms with van der Waals surface area (Å²) < 4.78 is 0. The van der Waals surface area contributed by atoms with Gasteiger partial charge in [-0.2, -0.15) is 0 Å². The van der Waals surface area contributed by atoms with Gasteiger partial charge in [0, 0.05) is 11.6 Å². The van der Waals surface area contributed by atoms with Crippen LogP contribution in [0, 0.1) is 0 Å². The summed E-state index contributed by atoms with van der Waals surface area (Å²) in [5.41, 5.74) is 5.61. The minimum Gasteiger partial charge on any atom is -0.350 e. The number of hydrogen-bond donors (Lipinski definition) is 1. The number of hydrogen-bond acceptors (Lipinski definition) is 3. The third-order valence-electron chi connectivity index (χ3n) is 4.84. The van der Waals surface area contributed by atoms with Crippen molar-refractivity contribution in [1.29, 1.82) is 0 Å². The van der Waals surface area contributed by atoms with Crippen LogP contribution in [0.15, 0.2) is 48.5 Å². The minimum absolute atomic E-state index is 0.0584. The van der Waals surface area contributed by atoms with Gasteiger partial charge in [0.2, 0.25) is 0 Å². The summed E-state index contributed by atoms with van der Waals surface area (Å²) in [5.74, 6) is -0.0584. The van der Waals surface area contributed by atoms with E-state index in [9.17, 15) is 4.79 Å². The number of benzene rings is 2. The molecule has 0 aliphatic heterocycles. The molecule has 0 aliphatic rings. The second kappa shape index (κ2) is 8.76. The third kappa shape index (κ3) is 4.70. The number of carbonyl (C=O) groups excluding carboxylic acids is 1. The normalized spacial score (nSPS) is 12.1. The van der Waals surface area contributed by atoms with Crippen LogP contribution < -0.4 is 5.32 Å². The number of carbonyl (C=O) groups is 1. The number of nitrogens with zero attached hydrogens (tertiary/aromatic N) is 2. The Kier molecular flexibility index (Phi) is 6.17. The fourth-order valence-electron chi connectivity index (χ4n) is 3.24. The number of fused-ring (bicyclic) bond motifs is 1. The molecule has 0 saturated heterocycles. The second-order valence-corrected chi connectivity index (χ2v) is 6.93. The Balaban J connectivity index is 1.69. The fraction of sp³-hybridized carbons (Fsp3) is 0.348. The van der Waals surface area contributed by atoms with Crippen LogP contribution in [-0.2, 0) is 19.3 Å². The molecule has 1 heterocycles. The van der Waals surface area contributed by atoms with Gasteiger partial charge >= 0.3 is 0 Å². The highest BCUT2D eigenvalue weighted by Crippen LogP contribution is 2.16. The highest BCUT2D eigenvalue weighted by atomic mass is 16.1. The Hall–Kier alpha value is -2.75. The van der Waals surface area contributed by atoms with E-state index in [0.717, 1.165) is 48.1 Å². The quantitative estimate of drug-likeness (QED) is 0.674. The molecular weight excluding hydrogens is 334 g/mol. The first kappa shape index (κ1) is 19.0. The van der Waals surface area contributed by atoms with Crippen LogP contribution >= 0.6 is 0 Å². The molecule has 1 amide bonds. The monoisotopic (exact) mass is 361 g/mol. The molecule has 0 fully saturated rings. The molecule has 27 heavy (non-hydrogen) atoms. The van der Waals surface area contributed by atoms with Gasteiger partial charge in [0.15, 0.2) is 0 Å². The van der Waals surface area contributed by atoms with E-state index < -0.39 is 0 Å². The standard InChI is InChI=1S/C23H27N3O/c1-4-19-20(5-2)26-22-15-18(13-14-21(22)25-19)23(27)24-16(3)11-12-17-9-7-6-8-10-17/h6-10,13-16H,4-5,11-12H2,1-3H3,(H,24,27)/t16-/m1/s1. The van der Waals surface area contributed by atoms with Gasteiger partial charge in [-0.05, 0) is 56.4 Å². The third-order valence-corrected chi connectivity index (χ3v) is 4.84. The molecule has 2 aromatic carbocycles. The number of amides is 1. The SMILES string of the molecule is CCc1nc2ccc(C(=O)N[C@H](C)CCc3ccccc3)cc2nc1CC. The van der Waals surface area contributed by atoms with Crippen molar-refractivity contribution >= 4 is 16.9 Å². The number of aromatic nitrogens is 2. The first-order chi connectivity index (χ1) is 13.1. The van der Waals surface area contributed by atoms with Crippen LogP contribution in [0.5, 0.6) is 0 Å². The van der Waals surface area contributed by atoms with E-state index >= 15 is 0 Å². The number of rotatable bonds is 7. The first-order valence-corrected chi connectivity index (χ1v) is 9.75. The molecule has 0 saturated carbocycles. The van der Waals surface area contributed by atoms with Crippen molar-refractivity contribution in [2.75, 3.05) is 0 Å². The maximum atomic E-state index is 12.6. The van der Waals surface area contributed by atoms with Crippen molar-refractivity contribution in [2.24, 2.45) is 0 Å². The Morgan fingerprint density at radius 3 is 2.30 bits per heavy atom. The number of nitrogens with one attached hydrogen (secondary N) is 1. The van der Waals surface area contributed by atoms with E-state index in [1.165, 1.54) is 5.56 Å². The lowest BCUT2D eigenvalue weighted by atomic mass is 10.1. The Labute approximate surface area is 161 Å². The molecular formula is C23H27N3O. The highest BCUT2D eigenvalue weighted by molar-refractivity contribution is 5.97. The van der Waals surface area contributed by atoms with Gasteiger partial charge in [0.25, 0.3) is 5.91 Å². The molecule has 3 rings (SSSR count). The van der Waals surface area contributed by atoms with Gasteiger partial charge in [-0.3, -0.25) is 4.79 Å². The molecule has 0 radical (unpaired) electrons. The van der Waals surface area contributed by atoms with Crippen LogP contribution in [0.2, 0.25) is 0 Å². The lowest BCUT2D eigenvalue weighted by molar-refractivity contribution is 0.0938. The lowest BCUT2D eigenvalue weighted by Gasteiger charge is -2.14. The van der Waals surface area contributed by atoms with E-state index in [2.05, 4.69) is 31.3 Å². The van der Waals surface area contributed by atoms with E-state index in [1.807, 2.05) is 43.3 Å². The van der Waals surface area contributed by atoms with Crippen LogP contribution in [-0.4, -0.2) is 21.9 Å². The molecule has 0 aliphatic carbocycles. The molecule has 0 spiro atoms. The first-order valence-electron chi connectivity index (χ1n) is 9.75. The summed E-state index contributed by atoms with van der Waals surface area (Å²) in [4.78, 5) is 22.0. The van der Waals surface area contributed by atoms with Gasteiger partial charge < -0.3 is 5.32 Å². The molecule has 1 atom stereocenters. The maximum absolute atomic E-state index is 12.6. The average molecular weight is 361 g/mol. The van der Waals surface area contributed by atoms with E-state index in [0.29, 0.717) is 5.56 Å². The van der Waals surface area contributed by atoms with Crippen LogP contribution in [0.3, 0.4) is 0 Å². The fourth-order valence-corrected chi connectivity index (χ4v) is 3.24. The number of aryl methyl sites for hydroxylation is 3. The van der Waals surface area contributed by atoms with Crippen molar-refractivity contribution in [3.8, 4) is 0 Å². The predicted octanol–water partition coefficient (Wildman–Crippen LogP) is 4.51. The summed E-state index contributed by atoms with van der Waals surface area (Å²) in [5, 5.41) is 3.10. The van der Waals surface area contributed by atoms with Crippen LogP contribution in [0.25, 0.3) is 11.0 Å². The molecule has 1 aromatic heterocycles. The van der Waals surface area contributed by atoms with Gasteiger partial charge in [0.1, 0.15) is 0 Å². The van der Waals surface area contributed by atoms with Gasteiger partial charge in [-0.25, -0.2) is 9.97 Å². The Morgan fingerprint density at radius 2 is 1.63 bits per heavy atom. The van der Waals surface area contributed by atoms with Crippen LogP contribution in [0.4, 0.5) is 0 Å². The van der Waals surface area contributed by atoms with Crippen molar-refractivity contribution in [1.82, 2.24) is 15.3 Å². The topological polar surface area (TPSA) is 54.9 Å². The molecule has 4 nitrogen and oxygen atoms in total. The van der Waals surface area contributed by atoms with Crippen molar-refractivity contribution < 1.29 is 4.79 Å². The zero-order chi connectivity index (χ0) is 19.2. The Morgan fingerprint density at radius 1 is 0.963 bits per heavy atom. The zero-order valence-corrected chi connectivity index (χ0v) is 16.3. The van der Waals surface area contributed by atoms with Gasteiger partial charge in [-0.15, -0.1) is 0 Å². The largest absolute Gasteiger partial charge is 0.350 e. The second-order valence-electron chi connectivity index (χ2n) is 6.93. The van der Waals surface area contributed by atoms with Crippen molar-refractivity contribution in [2.45, 2.75) is 52.5 Å². The highest BCUT2D eigenvalue weighted by Gasteiger charge is 2.12. The van der Waals surface area contributed by atoms with Crippen LogP contribution in [0.1, 0.15) is 54.5 Å². The Bertz CT molecular complexity index is 922. The van der Waals surface area contributed by atoms with Crippen molar-refractivity contribution in [3.63, 3.8) is 0 Å². The summed E-state index contributed by atoms with van der Waals surface area (Å²) >= 11 is 0. The zero-order valence-electron chi connectivity index (χ0n) is 16.3. The molecule has 3 aromatic rings. The van der Waals surface area contributed by atoms with E-state index in [1.54, 1.807) is 0 Å². The smallest absolute Gasteiger partial charge is 0.251 e. The molecule has 4 heteroatoms. The van der Waals surface area contributed by atoms with E-state index in [-0.39, 0.29) is 11.9 Å². The predicted molar refractivity (Wildman–Crippen MR) is 110 cm³/mol. The van der Waals surface area contributed by atoms with E-state index in [4.69, 9.17) is 9.97 Å². The summed E-state index contributed by atoms with van der Waals surface area (Å²) in [6.07, 6.45) is 3.57. The maximum Gasteiger partial charge on any atom is 0.251 e. The van der Waals surface area contributed by atoms with Gasteiger partial charge in [0.05, 0.1) is 22.4 Å². The minimum atomic E-state index is -0.0584. The average Bonchev–Trinajstić information content (AvgIpc) is 2.71. The molecule has 0 bridgehead atoms. The molecule has 1 N–H and O–H groups in total. The summed E-state index contributed by atoms with van der Waals surface area (Å²) in [7, 11) is 0. The lowest BCUT2D eigenvalue weighted by Crippen LogP contribution is -2.32. The molecule has 140 valence electrons. The summed E-state index contributed by atoms with van der Waals surface area (Å²) in [6, 6.07) is 16.0. The van der Waals surface area contributed by atoms with Gasteiger partial charge in [-0.1, -0.05) is 44.2 Å².